The maximum absolute atomic E-state index is 12.2. The molecular weight excluding hydrogens is 324 g/mol. The predicted molar refractivity (Wildman–Crippen MR) is 96.8 cm³/mol. The molecule has 0 fully saturated rings. The Morgan fingerprint density at radius 3 is 2.67 bits per heavy atom. The molecule has 130 valence electrons. The predicted octanol–water partition coefficient (Wildman–Crippen LogP) is 3.72. The van der Waals surface area contributed by atoms with Gasteiger partial charge in [-0.2, -0.15) is 0 Å². The minimum Gasteiger partial charge on any atom is -0.497 e. The number of carbonyl (C=O) groups is 1. The first kappa shape index (κ1) is 18.3. The van der Waals surface area contributed by atoms with Gasteiger partial charge in [0.05, 0.1) is 12.9 Å². The summed E-state index contributed by atoms with van der Waals surface area (Å²) in [5.74, 6) is 2.14. The quantitative estimate of drug-likeness (QED) is 0.772. The highest BCUT2D eigenvalue weighted by atomic mass is 32.2. The first-order chi connectivity index (χ1) is 11.4. The van der Waals surface area contributed by atoms with Crippen LogP contribution in [0, 0.1) is 0 Å². The number of benzene rings is 1. The van der Waals surface area contributed by atoms with Crippen LogP contribution in [0.15, 0.2) is 29.4 Å². The minimum absolute atomic E-state index is 0.0855. The molecule has 1 aromatic heterocycles. The molecule has 0 spiro atoms. The highest BCUT2D eigenvalue weighted by Gasteiger charge is 2.18. The average Bonchev–Trinajstić information content (AvgIpc) is 2.97. The zero-order chi connectivity index (χ0) is 17.7. The molecule has 0 saturated heterocycles. The molecule has 2 aromatic rings. The van der Waals surface area contributed by atoms with Crippen LogP contribution in [0.4, 0.5) is 5.69 Å². The average molecular weight is 348 g/mol. The van der Waals surface area contributed by atoms with Gasteiger partial charge >= 0.3 is 0 Å². The summed E-state index contributed by atoms with van der Waals surface area (Å²) in [5.41, 5.74) is 0.716. The fraction of sp³-hybridized carbons (Fsp3) is 0.471. The molecule has 2 rings (SSSR count). The number of carbonyl (C=O) groups excluding carboxylic acids is 1. The second-order valence-electron chi connectivity index (χ2n) is 6.03. The van der Waals surface area contributed by atoms with Gasteiger partial charge in [-0.15, -0.1) is 10.2 Å². The molecule has 0 bridgehead atoms. The summed E-state index contributed by atoms with van der Waals surface area (Å²) in [5, 5.41) is 12.1. The summed E-state index contributed by atoms with van der Waals surface area (Å²) in [7, 11) is 1.60. The molecule has 1 amide bonds. The van der Waals surface area contributed by atoms with E-state index in [1.54, 1.807) is 13.2 Å². The smallest absolute Gasteiger partial charge is 0.234 e. The normalized spacial score (nSPS) is 11.1. The van der Waals surface area contributed by atoms with E-state index >= 15 is 0 Å². The lowest BCUT2D eigenvalue weighted by atomic mass is 10.2. The standard InChI is InChI=1S/C17H24N4O2S/c1-11(2)16-19-20-17(21(16)12(3)4)24-10-15(22)18-13-7-6-8-14(9-13)23-5/h6-9,11-12H,10H2,1-5H3,(H,18,22). The molecular formula is C17H24N4O2S. The van der Waals surface area contributed by atoms with Crippen molar-refractivity contribution in [2.45, 2.75) is 44.8 Å². The number of hydrogen-bond donors (Lipinski definition) is 1. The van der Waals surface area contributed by atoms with Crippen molar-refractivity contribution in [3.8, 4) is 5.75 Å². The number of ether oxygens (including phenoxy) is 1. The Morgan fingerprint density at radius 2 is 2.04 bits per heavy atom. The summed E-state index contributed by atoms with van der Waals surface area (Å²) in [6, 6.07) is 7.55. The number of nitrogens with one attached hydrogen (secondary N) is 1. The highest BCUT2D eigenvalue weighted by molar-refractivity contribution is 7.99. The van der Waals surface area contributed by atoms with Crippen LogP contribution in [0.1, 0.15) is 45.5 Å². The van der Waals surface area contributed by atoms with Gasteiger partial charge in [-0.25, -0.2) is 0 Å². The number of methoxy groups -OCH3 is 1. The van der Waals surface area contributed by atoms with Crippen LogP contribution in [0.5, 0.6) is 5.75 Å². The van der Waals surface area contributed by atoms with Crippen LogP contribution in [0.25, 0.3) is 0 Å². The molecule has 7 heteroatoms. The Balaban J connectivity index is 2.01. The van der Waals surface area contributed by atoms with Crippen LogP contribution >= 0.6 is 11.8 Å². The van der Waals surface area contributed by atoms with Crippen molar-refractivity contribution >= 4 is 23.4 Å². The van der Waals surface area contributed by atoms with Crippen LogP contribution in [0.3, 0.4) is 0 Å². The van der Waals surface area contributed by atoms with Gasteiger partial charge in [-0.1, -0.05) is 31.7 Å². The van der Waals surface area contributed by atoms with Gasteiger partial charge < -0.3 is 14.6 Å². The van der Waals surface area contributed by atoms with E-state index in [-0.39, 0.29) is 17.7 Å². The summed E-state index contributed by atoms with van der Waals surface area (Å²) < 4.78 is 7.25. The van der Waals surface area contributed by atoms with E-state index in [4.69, 9.17) is 4.74 Å². The van der Waals surface area contributed by atoms with Crippen molar-refractivity contribution in [1.82, 2.24) is 14.8 Å². The SMILES string of the molecule is COc1cccc(NC(=O)CSc2nnc(C(C)C)n2C(C)C)c1. The number of amides is 1. The molecule has 0 unspecified atom stereocenters. The number of rotatable bonds is 7. The van der Waals surface area contributed by atoms with E-state index in [0.717, 1.165) is 11.0 Å². The number of nitrogens with zero attached hydrogens (tertiary/aromatic N) is 3. The van der Waals surface area contributed by atoms with Crippen molar-refractivity contribution in [2.24, 2.45) is 0 Å². The van der Waals surface area contributed by atoms with Crippen LogP contribution in [-0.2, 0) is 4.79 Å². The summed E-state index contributed by atoms with van der Waals surface area (Å²) in [6.07, 6.45) is 0. The third kappa shape index (κ3) is 4.50. The van der Waals surface area contributed by atoms with Gasteiger partial charge in [-0.3, -0.25) is 4.79 Å². The first-order valence-electron chi connectivity index (χ1n) is 7.93. The van der Waals surface area contributed by atoms with Crippen LogP contribution < -0.4 is 10.1 Å². The number of hydrogen-bond acceptors (Lipinski definition) is 5. The van der Waals surface area contributed by atoms with Crippen LogP contribution in [-0.4, -0.2) is 33.5 Å². The van der Waals surface area contributed by atoms with E-state index < -0.39 is 0 Å². The van der Waals surface area contributed by atoms with Crippen molar-refractivity contribution in [3.63, 3.8) is 0 Å². The Kier molecular flexibility index (Phi) is 6.25. The van der Waals surface area contributed by atoms with Crippen LogP contribution in [0.2, 0.25) is 0 Å². The van der Waals surface area contributed by atoms with E-state index in [1.165, 1.54) is 11.8 Å². The fourth-order valence-electron chi connectivity index (χ4n) is 2.29. The molecule has 0 radical (unpaired) electrons. The molecule has 1 N–H and O–H groups in total. The third-order valence-electron chi connectivity index (χ3n) is 3.41. The van der Waals surface area contributed by atoms with Gasteiger partial charge in [0.15, 0.2) is 5.16 Å². The van der Waals surface area contributed by atoms with Gasteiger partial charge in [0.25, 0.3) is 0 Å². The van der Waals surface area contributed by atoms with Gasteiger partial charge in [0, 0.05) is 23.7 Å². The van der Waals surface area contributed by atoms with Gasteiger partial charge in [0.1, 0.15) is 11.6 Å². The Labute approximate surface area is 147 Å². The van der Waals surface area contributed by atoms with Gasteiger partial charge in [0.2, 0.25) is 5.91 Å². The van der Waals surface area contributed by atoms with E-state index in [0.29, 0.717) is 17.4 Å². The lowest BCUT2D eigenvalue weighted by molar-refractivity contribution is -0.113. The lowest BCUT2D eigenvalue weighted by Gasteiger charge is -2.15. The van der Waals surface area contributed by atoms with Crippen molar-refractivity contribution in [2.75, 3.05) is 18.2 Å². The third-order valence-corrected chi connectivity index (χ3v) is 4.35. The number of thioether (sulfide) groups is 1. The maximum Gasteiger partial charge on any atom is 0.234 e. The summed E-state index contributed by atoms with van der Waals surface area (Å²) >= 11 is 1.40. The summed E-state index contributed by atoms with van der Waals surface area (Å²) in [4.78, 5) is 12.2. The molecule has 24 heavy (non-hydrogen) atoms. The molecule has 0 aliphatic carbocycles. The van der Waals surface area contributed by atoms with Crippen molar-refractivity contribution in [1.29, 1.82) is 0 Å². The maximum atomic E-state index is 12.2. The zero-order valence-corrected chi connectivity index (χ0v) is 15.6. The number of aromatic nitrogens is 3. The molecule has 0 aliphatic rings. The molecule has 6 nitrogen and oxygen atoms in total. The first-order valence-corrected chi connectivity index (χ1v) is 8.92. The molecule has 0 saturated carbocycles. The van der Waals surface area contributed by atoms with E-state index in [9.17, 15) is 4.79 Å². The monoisotopic (exact) mass is 348 g/mol. The molecule has 0 atom stereocenters. The Morgan fingerprint density at radius 1 is 1.29 bits per heavy atom. The minimum atomic E-state index is -0.0855. The second kappa shape index (κ2) is 8.19. The topological polar surface area (TPSA) is 69.0 Å². The molecule has 1 heterocycles. The van der Waals surface area contributed by atoms with Crippen molar-refractivity contribution < 1.29 is 9.53 Å². The largest absolute Gasteiger partial charge is 0.497 e. The lowest BCUT2D eigenvalue weighted by Crippen LogP contribution is -2.15. The highest BCUT2D eigenvalue weighted by Crippen LogP contribution is 2.25. The van der Waals surface area contributed by atoms with Gasteiger partial charge in [-0.05, 0) is 26.0 Å². The molecule has 0 aliphatic heterocycles. The number of anilines is 1. The van der Waals surface area contributed by atoms with Crippen molar-refractivity contribution in [3.05, 3.63) is 30.1 Å². The summed E-state index contributed by atoms with van der Waals surface area (Å²) in [6.45, 7) is 8.37. The fourth-order valence-corrected chi connectivity index (χ4v) is 3.17. The second-order valence-corrected chi connectivity index (χ2v) is 6.97. The van der Waals surface area contributed by atoms with E-state index in [1.807, 2.05) is 18.2 Å². The molecule has 1 aromatic carbocycles. The zero-order valence-electron chi connectivity index (χ0n) is 14.7. The Hall–Kier alpha value is -2.02. The van der Waals surface area contributed by atoms with E-state index in [2.05, 4.69) is 47.8 Å². The Bertz CT molecular complexity index is 698.